The maximum Gasteiger partial charge on any atom is 0.108 e. The van der Waals surface area contributed by atoms with E-state index in [0.29, 0.717) is 12.6 Å². The second-order valence-corrected chi connectivity index (χ2v) is 13.4. The summed E-state index contributed by atoms with van der Waals surface area (Å²) >= 11 is 5.48. The Hall–Kier alpha value is -2.08. The van der Waals surface area contributed by atoms with E-state index < -0.39 is 0 Å². The van der Waals surface area contributed by atoms with Crippen molar-refractivity contribution in [1.29, 1.82) is 0 Å². The third-order valence-corrected chi connectivity index (χ3v) is 8.97. The minimum Gasteiger partial charge on any atom is -0.365 e. The first kappa shape index (κ1) is 22.7. The zero-order chi connectivity index (χ0) is 23.3. The van der Waals surface area contributed by atoms with Gasteiger partial charge in [-0.2, -0.15) is 0 Å². The van der Waals surface area contributed by atoms with Gasteiger partial charge in [0.15, 0.2) is 0 Å². The fourth-order valence-electron chi connectivity index (χ4n) is 4.41. The average molecular weight is 491 g/mol. The summed E-state index contributed by atoms with van der Waals surface area (Å²) in [5.74, 6) is 0.629. The molecule has 2 aromatic carbocycles. The standard InChI is InChI=1S/C28H30N2S3/c1-16(2)11-17(3)32-20-7-8-21-23(14-20)33-27-24(29-15-30-25(21)27)19-12-18-9-10-31-26(18)22(13-19)28(4,5)6/h7-10,12-14,16,30H,3,11,15H2,1-2,4-6H3. The van der Waals surface area contributed by atoms with Gasteiger partial charge in [0.1, 0.15) is 6.67 Å². The van der Waals surface area contributed by atoms with E-state index in [-0.39, 0.29) is 5.41 Å². The predicted molar refractivity (Wildman–Crippen MR) is 151 cm³/mol. The van der Waals surface area contributed by atoms with Crippen molar-refractivity contribution in [3.63, 3.8) is 0 Å². The summed E-state index contributed by atoms with van der Waals surface area (Å²) in [7, 11) is 0. The molecule has 0 bridgehead atoms. The summed E-state index contributed by atoms with van der Waals surface area (Å²) in [6, 6.07) is 13.7. The molecule has 4 aromatic rings. The lowest BCUT2D eigenvalue weighted by Gasteiger charge is -2.22. The van der Waals surface area contributed by atoms with Crippen LogP contribution in [0.25, 0.3) is 20.2 Å². The van der Waals surface area contributed by atoms with Gasteiger partial charge in [-0.25, -0.2) is 0 Å². The van der Waals surface area contributed by atoms with E-state index in [1.807, 2.05) is 22.7 Å². The Bertz CT molecular complexity index is 1400. The Morgan fingerprint density at radius 1 is 1.18 bits per heavy atom. The van der Waals surface area contributed by atoms with E-state index in [2.05, 4.69) is 88.3 Å². The molecular formula is C28H30N2S3. The van der Waals surface area contributed by atoms with Crippen LogP contribution in [0.4, 0.5) is 5.69 Å². The van der Waals surface area contributed by atoms with Crippen molar-refractivity contribution in [2.24, 2.45) is 10.9 Å². The van der Waals surface area contributed by atoms with Crippen LogP contribution in [0.1, 0.15) is 57.0 Å². The molecule has 33 heavy (non-hydrogen) atoms. The second kappa shape index (κ2) is 8.61. The Morgan fingerprint density at radius 2 is 2.00 bits per heavy atom. The number of benzene rings is 2. The summed E-state index contributed by atoms with van der Waals surface area (Å²) in [6.45, 7) is 16.3. The van der Waals surface area contributed by atoms with Crippen molar-refractivity contribution in [2.75, 3.05) is 12.0 Å². The van der Waals surface area contributed by atoms with Gasteiger partial charge in [0.05, 0.1) is 16.3 Å². The molecule has 5 heteroatoms. The Kier molecular flexibility index (Phi) is 5.92. The minimum atomic E-state index is 0.0834. The van der Waals surface area contributed by atoms with Crippen molar-refractivity contribution in [3.8, 4) is 0 Å². The van der Waals surface area contributed by atoms with Gasteiger partial charge in [0.25, 0.3) is 0 Å². The van der Waals surface area contributed by atoms with Crippen LogP contribution in [0.5, 0.6) is 0 Å². The van der Waals surface area contributed by atoms with E-state index >= 15 is 0 Å². The van der Waals surface area contributed by atoms with E-state index in [1.54, 1.807) is 11.8 Å². The van der Waals surface area contributed by atoms with Gasteiger partial charge in [0.2, 0.25) is 0 Å². The highest BCUT2D eigenvalue weighted by atomic mass is 32.2. The summed E-state index contributed by atoms with van der Waals surface area (Å²) in [4.78, 5) is 8.69. The molecular weight excluding hydrogens is 461 g/mol. The normalized spacial score (nSPS) is 13.9. The Balaban J connectivity index is 1.57. The highest BCUT2D eigenvalue weighted by Gasteiger charge is 2.25. The molecule has 0 aliphatic carbocycles. The van der Waals surface area contributed by atoms with Crippen molar-refractivity contribution in [2.45, 2.75) is 51.3 Å². The van der Waals surface area contributed by atoms with Crippen molar-refractivity contribution < 1.29 is 0 Å². The van der Waals surface area contributed by atoms with Crippen LogP contribution in [0, 0.1) is 5.92 Å². The van der Waals surface area contributed by atoms with Gasteiger partial charge >= 0.3 is 0 Å². The number of nitrogens with one attached hydrogen (secondary N) is 1. The maximum absolute atomic E-state index is 4.95. The summed E-state index contributed by atoms with van der Waals surface area (Å²) < 4.78 is 2.69. The number of thiophene rings is 2. The first-order valence-electron chi connectivity index (χ1n) is 11.4. The number of hydrogen-bond donors (Lipinski definition) is 1. The number of rotatable bonds is 5. The maximum atomic E-state index is 4.95. The van der Waals surface area contributed by atoms with Crippen LogP contribution in [-0.2, 0) is 5.41 Å². The molecule has 0 fully saturated rings. The molecule has 1 aliphatic rings. The highest BCUT2D eigenvalue weighted by Crippen LogP contribution is 2.43. The van der Waals surface area contributed by atoms with Crippen LogP contribution >= 0.6 is 34.4 Å². The Labute approximate surface area is 208 Å². The third kappa shape index (κ3) is 4.39. The summed E-state index contributed by atoms with van der Waals surface area (Å²) in [6.07, 6.45) is 1.04. The smallest absolute Gasteiger partial charge is 0.108 e. The van der Waals surface area contributed by atoms with Crippen molar-refractivity contribution >= 4 is 66.0 Å². The third-order valence-electron chi connectivity index (χ3n) is 5.90. The lowest BCUT2D eigenvalue weighted by Crippen LogP contribution is -2.16. The highest BCUT2D eigenvalue weighted by molar-refractivity contribution is 8.03. The number of nitrogens with zero attached hydrogens (tertiary/aromatic N) is 1. The average Bonchev–Trinajstić information content (AvgIpc) is 3.35. The molecule has 1 N–H and O–H groups in total. The van der Waals surface area contributed by atoms with Crippen molar-refractivity contribution in [1.82, 2.24) is 0 Å². The van der Waals surface area contributed by atoms with Gasteiger partial charge < -0.3 is 5.32 Å². The SMILES string of the molecule is C=C(CC(C)C)Sc1ccc2c3c(sc2c1)C(c1cc(C(C)(C)C)c2sccc2c1)=NCN3. The van der Waals surface area contributed by atoms with E-state index in [1.165, 1.54) is 51.7 Å². The fourth-order valence-corrected chi connectivity index (χ4v) is 7.91. The molecule has 0 unspecified atom stereocenters. The summed E-state index contributed by atoms with van der Waals surface area (Å²) in [5.41, 5.74) is 5.04. The monoisotopic (exact) mass is 490 g/mol. The molecule has 0 saturated heterocycles. The van der Waals surface area contributed by atoms with Gasteiger partial charge in [-0.3, -0.25) is 4.99 Å². The van der Waals surface area contributed by atoms with Gasteiger partial charge in [-0.1, -0.05) is 59.0 Å². The summed E-state index contributed by atoms with van der Waals surface area (Å²) in [5, 5.41) is 8.35. The number of thioether (sulfide) groups is 1. The molecule has 0 saturated carbocycles. The van der Waals surface area contributed by atoms with Crippen LogP contribution in [0.2, 0.25) is 0 Å². The molecule has 3 heterocycles. The predicted octanol–water partition coefficient (Wildman–Crippen LogP) is 9.29. The zero-order valence-corrected chi connectivity index (χ0v) is 22.4. The van der Waals surface area contributed by atoms with E-state index in [4.69, 9.17) is 4.99 Å². The topological polar surface area (TPSA) is 24.4 Å². The lowest BCUT2D eigenvalue weighted by molar-refractivity contribution is 0.596. The number of fused-ring (bicyclic) bond motifs is 4. The van der Waals surface area contributed by atoms with Crippen molar-refractivity contribution in [3.05, 3.63) is 69.3 Å². The minimum absolute atomic E-state index is 0.0834. The number of hydrogen-bond acceptors (Lipinski definition) is 5. The van der Waals surface area contributed by atoms with Crippen LogP contribution in [0.15, 0.2) is 63.2 Å². The molecule has 170 valence electrons. The van der Waals surface area contributed by atoms with Gasteiger partial charge in [-0.05, 0) is 69.3 Å². The quantitative estimate of drug-likeness (QED) is 0.282. The van der Waals surface area contributed by atoms with Crippen LogP contribution in [0.3, 0.4) is 0 Å². The molecule has 1 aliphatic heterocycles. The van der Waals surface area contributed by atoms with E-state index in [0.717, 1.165) is 12.1 Å². The number of aliphatic imine (C=N–C) groups is 1. The Morgan fingerprint density at radius 3 is 2.76 bits per heavy atom. The molecule has 5 rings (SSSR count). The lowest BCUT2D eigenvalue weighted by atomic mass is 9.84. The fraction of sp³-hybridized carbons (Fsp3) is 0.321. The molecule has 0 amide bonds. The van der Waals surface area contributed by atoms with Crippen LogP contribution < -0.4 is 5.32 Å². The van der Waals surface area contributed by atoms with Gasteiger partial charge in [-0.15, -0.1) is 22.7 Å². The van der Waals surface area contributed by atoms with Crippen LogP contribution in [-0.4, -0.2) is 12.4 Å². The molecule has 0 radical (unpaired) electrons. The first-order chi connectivity index (χ1) is 15.7. The largest absolute Gasteiger partial charge is 0.365 e. The van der Waals surface area contributed by atoms with E-state index in [9.17, 15) is 0 Å². The zero-order valence-electron chi connectivity index (χ0n) is 19.9. The first-order valence-corrected chi connectivity index (χ1v) is 13.9. The molecule has 0 atom stereocenters. The van der Waals surface area contributed by atoms with Gasteiger partial charge in [0, 0.05) is 25.2 Å². The second-order valence-electron chi connectivity index (χ2n) is 10.2. The number of allylic oxidation sites excluding steroid dienone is 1. The molecule has 2 nitrogen and oxygen atoms in total. The molecule has 0 spiro atoms. The molecule has 2 aromatic heterocycles. The number of anilines is 1.